The summed E-state index contributed by atoms with van der Waals surface area (Å²) >= 11 is 2.89. The van der Waals surface area contributed by atoms with E-state index in [1.165, 1.54) is 23.5 Å². The van der Waals surface area contributed by atoms with Gasteiger partial charge in [0.25, 0.3) is 0 Å². The van der Waals surface area contributed by atoms with E-state index in [0.717, 1.165) is 0 Å². The first-order valence-electron chi connectivity index (χ1n) is 11.0. The first kappa shape index (κ1) is 23.5. The SMILES string of the molecule is CCSc1c(O)c2c(c(O)c1SCC)[C@H](CO)N1C(C#N)[C@@H]3C[C@@H](C(=O)O)[C@@H](N3)[C@@H]1C2C. The van der Waals surface area contributed by atoms with Gasteiger partial charge in [-0.3, -0.25) is 9.69 Å². The summed E-state index contributed by atoms with van der Waals surface area (Å²) in [6.45, 7) is 5.50. The third-order valence-corrected chi connectivity index (χ3v) is 9.14. The largest absolute Gasteiger partial charge is 0.506 e. The average Bonchev–Trinajstić information content (AvgIpc) is 3.14. The highest BCUT2D eigenvalue weighted by Gasteiger charge is 2.59. The molecule has 8 nitrogen and oxygen atoms in total. The molecule has 7 atom stereocenters. The molecule has 2 bridgehead atoms. The first-order valence-corrected chi connectivity index (χ1v) is 12.9. The van der Waals surface area contributed by atoms with Gasteiger partial charge in [-0.15, -0.1) is 23.5 Å². The normalized spacial score (nSPS) is 33.4. The van der Waals surface area contributed by atoms with Crippen LogP contribution in [0, 0.1) is 17.2 Å². The highest BCUT2D eigenvalue weighted by Crippen LogP contribution is 2.58. The molecule has 3 heterocycles. The Kier molecular flexibility index (Phi) is 6.58. The number of thioether (sulfide) groups is 2. The zero-order valence-corrected chi connectivity index (χ0v) is 19.9. The van der Waals surface area contributed by atoms with Gasteiger partial charge in [-0.05, 0) is 17.9 Å². The summed E-state index contributed by atoms with van der Waals surface area (Å²) in [4.78, 5) is 15.1. The Morgan fingerprint density at radius 3 is 2.28 bits per heavy atom. The second-order valence-electron chi connectivity index (χ2n) is 8.53. The smallest absolute Gasteiger partial charge is 0.308 e. The van der Waals surface area contributed by atoms with Crippen LogP contribution in [-0.2, 0) is 4.79 Å². The Morgan fingerprint density at radius 1 is 1.19 bits per heavy atom. The topological polar surface area (TPSA) is 137 Å². The van der Waals surface area contributed by atoms with Crippen molar-refractivity contribution in [2.24, 2.45) is 5.92 Å². The van der Waals surface area contributed by atoms with Gasteiger partial charge in [-0.2, -0.15) is 5.26 Å². The third kappa shape index (κ3) is 3.29. The number of aromatic hydroxyl groups is 2. The van der Waals surface area contributed by atoms with Crippen LogP contribution in [0.4, 0.5) is 0 Å². The molecule has 32 heavy (non-hydrogen) atoms. The van der Waals surface area contributed by atoms with Crippen LogP contribution >= 0.6 is 23.5 Å². The number of fused-ring (bicyclic) bond motifs is 5. The van der Waals surface area contributed by atoms with E-state index in [2.05, 4.69) is 11.4 Å². The third-order valence-electron chi connectivity index (χ3n) is 7.06. The number of piperazine rings is 1. The van der Waals surface area contributed by atoms with Gasteiger partial charge in [0.2, 0.25) is 0 Å². The van der Waals surface area contributed by atoms with Crippen molar-refractivity contribution in [3.63, 3.8) is 0 Å². The fraction of sp³-hybridized carbons (Fsp3) is 0.636. The molecule has 2 fully saturated rings. The van der Waals surface area contributed by atoms with E-state index in [-0.39, 0.29) is 30.1 Å². The molecule has 0 radical (unpaired) electrons. The molecule has 2 unspecified atom stereocenters. The minimum atomic E-state index is -0.911. The molecular weight excluding hydrogens is 450 g/mol. The lowest BCUT2D eigenvalue weighted by Crippen LogP contribution is -2.67. The first-order chi connectivity index (χ1) is 15.3. The van der Waals surface area contributed by atoms with Gasteiger partial charge in [0.05, 0.1) is 34.4 Å². The van der Waals surface area contributed by atoms with E-state index in [1.54, 1.807) is 0 Å². The maximum Gasteiger partial charge on any atom is 0.308 e. The molecule has 10 heteroatoms. The monoisotopic (exact) mass is 479 g/mol. The van der Waals surface area contributed by atoms with Crippen LogP contribution in [0.1, 0.15) is 50.3 Å². The van der Waals surface area contributed by atoms with E-state index >= 15 is 0 Å². The highest BCUT2D eigenvalue weighted by atomic mass is 32.2. The zero-order chi connectivity index (χ0) is 23.3. The Bertz CT molecular complexity index is 968. The van der Waals surface area contributed by atoms with Crippen molar-refractivity contribution in [3.8, 4) is 17.6 Å². The number of rotatable bonds is 6. The predicted molar refractivity (Wildman–Crippen MR) is 122 cm³/mol. The molecule has 0 aromatic heterocycles. The lowest BCUT2D eigenvalue weighted by atomic mass is 9.74. The van der Waals surface area contributed by atoms with E-state index < -0.39 is 36.1 Å². The number of benzene rings is 1. The molecule has 1 aromatic carbocycles. The summed E-state index contributed by atoms with van der Waals surface area (Å²) in [5.74, 6) is -0.390. The van der Waals surface area contributed by atoms with Crippen molar-refractivity contribution in [1.29, 1.82) is 5.26 Å². The van der Waals surface area contributed by atoms with Crippen LogP contribution in [0.25, 0.3) is 0 Å². The van der Waals surface area contributed by atoms with Gasteiger partial charge >= 0.3 is 5.97 Å². The Morgan fingerprint density at radius 2 is 1.78 bits per heavy atom. The standard InChI is InChI=1S/C22H29N3O5S2/c1-4-31-20-18(27)14-9(3)17-16-10(22(29)30)6-11(24-16)12(7-23)25(17)13(8-26)15(14)19(28)21(20)32-5-2/h9-13,16-17,24,26-28H,4-6,8H2,1-3H3,(H,29,30)/t9?,10-,11+,12?,13+,16-,17+/m1/s1. The molecule has 3 aliphatic heterocycles. The molecular formula is C22H29N3O5S2. The molecule has 1 aromatic rings. The Balaban J connectivity index is 1.97. The van der Waals surface area contributed by atoms with Crippen molar-refractivity contribution in [2.75, 3.05) is 18.1 Å². The molecule has 4 rings (SSSR count). The number of nitrogens with one attached hydrogen (secondary N) is 1. The van der Waals surface area contributed by atoms with Crippen molar-refractivity contribution >= 4 is 29.5 Å². The van der Waals surface area contributed by atoms with Gasteiger partial charge in [0.1, 0.15) is 17.5 Å². The number of carboxylic acids is 1. The van der Waals surface area contributed by atoms with Gasteiger partial charge in [0.15, 0.2) is 0 Å². The molecule has 3 aliphatic rings. The number of hydrogen-bond donors (Lipinski definition) is 5. The second kappa shape index (κ2) is 8.95. The molecule has 174 valence electrons. The van der Waals surface area contributed by atoms with E-state index in [1.807, 2.05) is 25.7 Å². The fourth-order valence-corrected chi connectivity index (χ4v) is 7.82. The zero-order valence-electron chi connectivity index (χ0n) is 18.3. The number of nitrogens with zero attached hydrogens (tertiary/aromatic N) is 2. The van der Waals surface area contributed by atoms with Crippen LogP contribution < -0.4 is 5.32 Å². The fourth-order valence-electron chi connectivity index (χ4n) is 5.94. The van der Waals surface area contributed by atoms with E-state index in [0.29, 0.717) is 38.8 Å². The number of nitriles is 1. The predicted octanol–water partition coefficient (Wildman–Crippen LogP) is 2.48. The second-order valence-corrected chi connectivity index (χ2v) is 11.1. The number of carbonyl (C=O) groups is 1. The minimum absolute atomic E-state index is 0.0438. The van der Waals surface area contributed by atoms with Crippen molar-refractivity contribution in [3.05, 3.63) is 11.1 Å². The van der Waals surface area contributed by atoms with Crippen LogP contribution in [0.15, 0.2) is 9.79 Å². The number of aliphatic carboxylic acids is 1. The number of hydrogen-bond acceptors (Lipinski definition) is 9. The van der Waals surface area contributed by atoms with Gasteiger partial charge in [-0.1, -0.05) is 20.8 Å². The maximum atomic E-state index is 12.0. The summed E-state index contributed by atoms with van der Waals surface area (Å²) in [6.07, 6.45) is 0.332. The van der Waals surface area contributed by atoms with Crippen LogP contribution in [-0.4, -0.2) is 73.6 Å². The summed E-state index contributed by atoms with van der Waals surface area (Å²) in [5, 5.41) is 56.4. The number of phenolic OH excluding ortho intramolecular Hbond substituents is 2. The Labute approximate surface area is 196 Å². The number of phenols is 2. The highest BCUT2D eigenvalue weighted by molar-refractivity contribution is 8.02. The molecule has 0 amide bonds. The van der Waals surface area contributed by atoms with Gasteiger partial charge in [0, 0.05) is 35.2 Å². The van der Waals surface area contributed by atoms with Crippen LogP contribution in [0.5, 0.6) is 11.5 Å². The summed E-state index contributed by atoms with van der Waals surface area (Å²) in [7, 11) is 0. The number of aliphatic hydroxyl groups is 1. The lowest BCUT2D eigenvalue weighted by molar-refractivity contribution is -0.142. The molecule has 2 saturated heterocycles. The Hall–Kier alpha value is -1.64. The van der Waals surface area contributed by atoms with Crippen molar-refractivity contribution in [1.82, 2.24) is 10.2 Å². The molecule has 0 aliphatic carbocycles. The van der Waals surface area contributed by atoms with Crippen LogP contribution in [0.3, 0.4) is 0 Å². The molecule has 0 saturated carbocycles. The minimum Gasteiger partial charge on any atom is -0.506 e. The molecule has 0 spiro atoms. The van der Waals surface area contributed by atoms with Gasteiger partial charge in [-0.25, -0.2) is 0 Å². The quantitative estimate of drug-likeness (QED) is 0.306. The summed E-state index contributed by atoms with van der Waals surface area (Å²) < 4.78 is 0. The lowest BCUT2D eigenvalue weighted by Gasteiger charge is -2.54. The molecule has 5 N–H and O–H groups in total. The summed E-state index contributed by atoms with van der Waals surface area (Å²) in [5.41, 5.74) is 1.01. The van der Waals surface area contributed by atoms with E-state index in [9.17, 15) is 30.5 Å². The van der Waals surface area contributed by atoms with E-state index in [4.69, 9.17) is 0 Å². The summed E-state index contributed by atoms with van der Waals surface area (Å²) in [6, 6.07) is -0.218. The number of aliphatic hydroxyl groups excluding tert-OH is 1. The average molecular weight is 480 g/mol. The number of carboxylic acid groups (broad SMARTS) is 1. The van der Waals surface area contributed by atoms with Crippen molar-refractivity contribution in [2.45, 2.75) is 73.1 Å². The van der Waals surface area contributed by atoms with Gasteiger partial charge < -0.3 is 25.7 Å². The van der Waals surface area contributed by atoms with Crippen molar-refractivity contribution < 1.29 is 25.2 Å². The van der Waals surface area contributed by atoms with Crippen LogP contribution in [0.2, 0.25) is 0 Å². The maximum absolute atomic E-state index is 12.0.